The fraction of sp³-hybridized carbons (Fsp3) is 0.0556. The predicted octanol–water partition coefficient (Wildman–Crippen LogP) is 2.89. The average Bonchev–Trinajstić information content (AvgIpc) is 2.86. The maximum Gasteiger partial charge on any atom is 0.211 e. The summed E-state index contributed by atoms with van der Waals surface area (Å²) in [6.45, 7) is 1.91. The predicted molar refractivity (Wildman–Crippen MR) is 80.2 cm³/mol. The van der Waals surface area contributed by atoms with Gasteiger partial charge in [0.15, 0.2) is 5.78 Å². The summed E-state index contributed by atoms with van der Waals surface area (Å²) in [5, 5.41) is 9.50. The van der Waals surface area contributed by atoms with Crippen LogP contribution in [0.3, 0.4) is 0 Å². The van der Waals surface area contributed by atoms with Crippen molar-refractivity contribution in [3.8, 4) is 6.07 Å². The highest BCUT2D eigenvalue weighted by atomic mass is 16.1. The van der Waals surface area contributed by atoms with Gasteiger partial charge < -0.3 is 4.40 Å². The van der Waals surface area contributed by atoms with Crippen LogP contribution in [0, 0.1) is 18.3 Å². The molecule has 0 unspecified atom stereocenters. The smallest absolute Gasteiger partial charge is 0.211 e. The molecule has 0 bridgehead atoms. The van der Waals surface area contributed by atoms with Gasteiger partial charge in [0.05, 0.1) is 16.6 Å². The van der Waals surface area contributed by atoms with E-state index >= 15 is 0 Å². The zero-order valence-electron chi connectivity index (χ0n) is 11.8. The first-order valence-electron chi connectivity index (χ1n) is 6.86. The van der Waals surface area contributed by atoms with Gasteiger partial charge in [-0.3, -0.25) is 9.59 Å². The van der Waals surface area contributed by atoms with E-state index in [-0.39, 0.29) is 28.4 Å². The second-order valence-corrected chi connectivity index (χ2v) is 5.37. The first kappa shape index (κ1) is 12.5. The van der Waals surface area contributed by atoms with Gasteiger partial charge in [0.1, 0.15) is 11.8 Å². The van der Waals surface area contributed by atoms with Crippen molar-refractivity contribution in [1.29, 1.82) is 5.26 Å². The normalized spacial score (nSPS) is 12.9. The van der Waals surface area contributed by atoms with Crippen LogP contribution in [0.5, 0.6) is 0 Å². The fourth-order valence-corrected chi connectivity index (χ4v) is 3.06. The number of nitrogens with zero attached hydrogens (tertiary/aromatic N) is 2. The molecule has 4 heteroatoms. The maximum atomic E-state index is 12.8. The number of carbonyl (C=O) groups is 2. The van der Waals surface area contributed by atoms with Crippen LogP contribution in [0.25, 0.3) is 5.52 Å². The molecule has 3 aromatic rings. The second-order valence-electron chi connectivity index (χ2n) is 5.37. The largest absolute Gasteiger partial charge is 0.312 e. The Labute approximate surface area is 126 Å². The Balaban J connectivity index is 2.20. The third kappa shape index (κ3) is 1.40. The molecule has 1 aliphatic carbocycles. The highest BCUT2D eigenvalue weighted by Crippen LogP contribution is 2.33. The van der Waals surface area contributed by atoms with Crippen LogP contribution in [0.15, 0.2) is 42.6 Å². The van der Waals surface area contributed by atoms with E-state index in [1.165, 1.54) is 0 Å². The number of hydrogen-bond acceptors (Lipinski definition) is 3. The molecule has 0 N–H and O–H groups in total. The summed E-state index contributed by atoms with van der Waals surface area (Å²) in [6.07, 6.45) is 1.74. The second kappa shape index (κ2) is 4.15. The van der Waals surface area contributed by atoms with E-state index in [9.17, 15) is 14.9 Å². The average molecular weight is 286 g/mol. The van der Waals surface area contributed by atoms with Crippen LogP contribution >= 0.6 is 0 Å². The van der Waals surface area contributed by atoms with Crippen LogP contribution in [0.4, 0.5) is 0 Å². The quantitative estimate of drug-likeness (QED) is 0.499. The number of benzene rings is 1. The van der Waals surface area contributed by atoms with Crippen molar-refractivity contribution in [2.24, 2.45) is 0 Å². The molecule has 2 heterocycles. The number of carbonyl (C=O) groups excluding carboxylic acids is 2. The molecule has 4 rings (SSSR count). The van der Waals surface area contributed by atoms with Crippen molar-refractivity contribution >= 4 is 17.1 Å². The topological polar surface area (TPSA) is 62.3 Å². The van der Waals surface area contributed by atoms with Gasteiger partial charge >= 0.3 is 0 Å². The van der Waals surface area contributed by atoms with E-state index in [0.29, 0.717) is 16.6 Å². The number of fused-ring (bicyclic) bond motifs is 4. The summed E-state index contributed by atoms with van der Waals surface area (Å²) in [4.78, 5) is 25.6. The first-order chi connectivity index (χ1) is 10.6. The lowest BCUT2D eigenvalue weighted by Gasteiger charge is -2.14. The Bertz CT molecular complexity index is 1040. The standard InChI is InChI=1S/C18H10N2O2/c1-10-6-7-20-14(8-10)13(9-19)15-16(20)18(22)12-5-3-2-4-11(12)17(15)21/h2-8H,1H3. The van der Waals surface area contributed by atoms with Gasteiger partial charge in [0, 0.05) is 17.3 Å². The molecule has 4 nitrogen and oxygen atoms in total. The Kier molecular flexibility index (Phi) is 2.37. The van der Waals surface area contributed by atoms with Crippen molar-refractivity contribution in [3.05, 3.63) is 76.1 Å². The van der Waals surface area contributed by atoms with Gasteiger partial charge in [-0.2, -0.15) is 5.26 Å². The number of pyridine rings is 1. The van der Waals surface area contributed by atoms with Gasteiger partial charge in [-0.25, -0.2) is 0 Å². The molecule has 1 aromatic carbocycles. The summed E-state index contributed by atoms with van der Waals surface area (Å²) in [5.41, 5.74) is 3.10. The molecule has 0 spiro atoms. The SMILES string of the molecule is Cc1ccn2c3c(c(C#N)c2c1)C(=O)c1ccccc1C3=O. The number of hydrogen-bond donors (Lipinski definition) is 0. The van der Waals surface area contributed by atoms with Crippen LogP contribution in [0.2, 0.25) is 0 Å². The summed E-state index contributed by atoms with van der Waals surface area (Å²) in [7, 11) is 0. The van der Waals surface area contributed by atoms with Crippen LogP contribution in [-0.2, 0) is 0 Å². The van der Waals surface area contributed by atoms with Gasteiger partial charge in [-0.15, -0.1) is 0 Å². The highest BCUT2D eigenvalue weighted by Gasteiger charge is 2.35. The lowest BCUT2D eigenvalue weighted by Crippen LogP contribution is -2.21. The van der Waals surface area contributed by atoms with Crippen molar-refractivity contribution < 1.29 is 9.59 Å². The molecule has 0 saturated heterocycles. The fourth-order valence-electron chi connectivity index (χ4n) is 3.06. The zero-order chi connectivity index (χ0) is 15.4. The third-order valence-electron chi connectivity index (χ3n) is 4.06. The number of nitriles is 1. The van der Waals surface area contributed by atoms with E-state index in [1.807, 2.05) is 19.1 Å². The molecular weight excluding hydrogens is 276 g/mol. The third-order valence-corrected chi connectivity index (χ3v) is 4.06. The number of aryl methyl sites for hydroxylation is 1. The lowest BCUT2D eigenvalue weighted by molar-refractivity contribution is 0.0975. The van der Waals surface area contributed by atoms with Crippen molar-refractivity contribution in [2.75, 3.05) is 0 Å². The molecule has 0 radical (unpaired) electrons. The minimum Gasteiger partial charge on any atom is -0.312 e. The number of rotatable bonds is 0. The minimum absolute atomic E-state index is 0.217. The first-order valence-corrected chi connectivity index (χ1v) is 6.86. The van der Waals surface area contributed by atoms with Crippen LogP contribution in [0.1, 0.15) is 43.1 Å². The summed E-state index contributed by atoms with van der Waals surface area (Å²) in [5.74, 6) is -0.478. The summed E-state index contributed by atoms with van der Waals surface area (Å²) < 4.78 is 1.65. The van der Waals surface area contributed by atoms with Crippen molar-refractivity contribution in [1.82, 2.24) is 4.40 Å². The van der Waals surface area contributed by atoms with Gasteiger partial charge in [-0.1, -0.05) is 24.3 Å². The Morgan fingerprint density at radius 2 is 1.73 bits per heavy atom. The highest BCUT2D eigenvalue weighted by molar-refractivity contribution is 6.29. The molecule has 0 atom stereocenters. The monoisotopic (exact) mass is 286 g/mol. The molecule has 0 amide bonds. The van der Waals surface area contributed by atoms with E-state index in [0.717, 1.165) is 5.56 Å². The van der Waals surface area contributed by atoms with E-state index in [1.54, 1.807) is 34.9 Å². The van der Waals surface area contributed by atoms with E-state index in [4.69, 9.17) is 0 Å². The van der Waals surface area contributed by atoms with Gasteiger partial charge in [0.25, 0.3) is 0 Å². The molecule has 22 heavy (non-hydrogen) atoms. The maximum absolute atomic E-state index is 12.8. The van der Waals surface area contributed by atoms with E-state index < -0.39 is 0 Å². The Hall–Kier alpha value is -3.19. The van der Waals surface area contributed by atoms with E-state index in [2.05, 4.69) is 6.07 Å². The molecule has 0 fully saturated rings. The minimum atomic E-state index is -0.261. The molecular formula is C18H10N2O2. The van der Waals surface area contributed by atoms with Crippen molar-refractivity contribution in [2.45, 2.75) is 6.92 Å². The Morgan fingerprint density at radius 3 is 2.41 bits per heavy atom. The number of ketones is 2. The summed E-state index contributed by atoms with van der Waals surface area (Å²) in [6, 6.07) is 12.5. The van der Waals surface area contributed by atoms with Crippen molar-refractivity contribution in [3.63, 3.8) is 0 Å². The molecule has 0 aliphatic heterocycles. The molecule has 2 aromatic heterocycles. The Morgan fingerprint density at radius 1 is 1.05 bits per heavy atom. The van der Waals surface area contributed by atoms with Gasteiger partial charge in [-0.05, 0) is 24.6 Å². The number of aromatic nitrogens is 1. The van der Waals surface area contributed by atoms with Gasteiger partial charge in [0.2, 0.25) is 5.78 Å². The summed E-state index contributed by atoms with van der Waals surface area (Å²) >= 11 is 0. The van der Waals surface area contributed by atoms with Crippen LogP contribution < -0.4 is 0 Å². The van der Waals surface area contributed by atoms with Crippen LogP contribution in [-0.4, -0.2) is 16.0 Å². The zero-order valence-corrected chi connectivity index (χ0v) is 11.8. The molecule has 0 saturated carbocycles. The molecule has 1 aliphatic rings. The lowest BCUT2D eigenvalue weighted by atomic mass is 9.86. The molecule has 104 valence electrons.